The summed E-state index contributed by atoms with van der Waals surface area (Å²) in [6.45, 7) is 2.00. The van der Waals surface area contributed by atoms with E-state index in [-0.39, 0.29) is 29.3 Å². The van der Waals surface area contributed by atoms with Crippen LogP contribution in [-0.4, -0.2) is 26.5 Å². The largest absolute Gasteiger partial charge is 0.508 e. The van der Waals surface area contributed by atoms with Gasteiger partial charge in [0.25, 0.3) is 0 Å². The van der Waals surface area contributed by atoms with Gasteiger partial charge in [-0.3, -0.25) is 0 Å². The molecular formula is C16H18O5. The van der Waals surface area contributed by atoms with Crippen molar-refractivity contribution in [3.63, 3.8) is 0 Å². The zero-order valence-electron chi connectivity index (χ0n) is 11.7. The van der Waals surface area contributed by atoms with Gasteiger partial charge in [0.2, 0.25) is 0 Å². The number of hydrogen-bond acceptors (Lipinski definition) is 5. The molecule has 3 rings (SSSR count). The number of hydrogen-bond donors (Lipinski definition) is 4. The minimum absolute atomic E-state index is 0.0857. The Kier molecular flexibility index (Phi) is 3.29. The number of aromatic hydroxyl groups is 2. The van der Waals surface area contributed by atoms with Gasteiger partial charge in [0.1, 0.15) is 17.6 Å². The van der Waals surface area contributed by atoms with Crippen LogP contribution in [0.5, 0.6) is 11.5 Å². The molecule has 1 aliphatic heterocycles. The summed E-state index contributed by atoms with van der Waals surface area (Å²) in [4.78, 5) is 0. The molecule has 5 heteroatoms. The summed E-state index contributed by atoms with van der Waals surface area (Å²) in [6, 6.07) is 4.62. The summed E-state index contributed by atoms with van der Waals surface area (Å²) in [7, 11) is 0. The highest BCUT2D eigenvalue weighted by Crippen LogP contribution is 2.44. The zero-order valence-corrected chi connectivity index (χ0v) is 11.7. The second-order valence-corrected chi connectivity index (χ2v) is 5.69. The Morgan fingerprint density at radius 3 is 2.57 bits per heavy atom. The average Bonchev–Trinajstić information content (AvgIpc) is 2.42. The summed E-state index contributed by atoms with van der Waals surface area (Å²) >= 11 is 0. The maximum atomic E-state index is 9.92. The fourth-order valence-electron chi connectivity index (χ4n) is 2.95. The maximum Gasteiger partial charge on any atom is 0.157 e. The van der Waals surface area contributed by atoms with Crippen molar-refractivity contribution in [1.29, 1.82) is 0 Å². The molecule has 4 N–H and O–H groups in total. The topological polar surface area (TPSA) is 90.2 Å². The maximum absolute atomic E-state index is 9.92. The Balaban J connectivity index is 1.92. The number of benzene rings is 1. The van der Waals surface area contributed by atoms with E-state index in [1.54, 1.807) is 6.07 Å². The van der Waals surface area contributed by atoms with Crippen LogP contribution in [0.25, 0.3) is 0 Å². The van der Waals surface area contributed by atoms with E-state index in [9.17, 15) is 20.4 Å². The molecule has 0 amide bonds. The fourth-order valence-corrected chi connectivity index (χ4v) is 2.95. The average molecular weight is 290 g/mol. The van der Waals surface area contributed by atoms with Crippen molar-refractivity contribution in [2.75, 3.05) is 0 Å². The van der Waals surface area contributed by atoms with Crippen molar-refractivity contribution in [2.45, 2.75) is 32.0 Å². The fraction of sp³-hybridized carbons (Fsp3) is 0.375. The van der Waals surface area contributed by atoms with Gasteiger partial charge in [-0.25, -0.2) is 0 Å². The Bertz CT molecular complexity index is 632. The van der Waals surface area contributed by atoms with Crippen LogP contribution < -0.4 is 0 Å². The first-order valence-electron chi connectivity index (χ1n) is 6.95. The molecule has 3 atom stereocenters. The van der Waals surface area contributed by atoms with Gasteiger partial charge < -0.3 is 25.2 Å². The molecule has 0 saturated carbocycles. The number of allylic oxidation sites excluding steroid dienone is 1. The molecule has 2 unspecified atom stereocenters. The van der Waals surface area contributed by atoms with Gasteiger partial charge >= 0.3 is 0 Å². The van der Waals surface area contributed by atoms with Crippen LogP contribution in [0.15, 0.2) is 41.4 Å². The molecule has 112 valence electrons. The monoisotopic (exact) mass is 290 g/mol. The normalized spacial score (nSPS) is 28.7. The molecule has 0 radical (unpaired) electrons. The van der Waals surface area contributed by atoms with E-state index in [4.69, 9.17) is 4.74 Å². The minimum atomic E-state index is -0.744. The molecule has 1 aromatic carbocycles. The van der Waals surface area contributed by atoms with Gasteiger partial charge in [0, 0.05) is 17.9 Å². The summed E-state index contributed by atoms with van der Waals surface area (Å²) in [6.07, 6.45) is 1.38. The van der Waals surface area contributed by atoms with Crippen LogP contribution in [0.3, 0.4) is 0 Å². The van der Waals surface area contributed by atoms with Crippen molar-refractivity contribution in [3.8, 4) is 11.5 Å². The highest BCUT2D eigenvalue weighted by molar-refractivity contribution is 5.42. The van der Waals surface area contributed by atoms with E-state index in [1.165, 1.54) is 18.2 Å². The molecule has 1 aromatic rings. The smallest absolute Gasteiger partial charge is 0.157 e. The van der Waals surface area contributed by atoms with E-state index in [0.29, 0.717) is 18.6 Å². The molecule has 21 heavy (non-hydrogen) atoms. The number of phenols is 2. The van der Waals surface area contributed by atoms with Crippen LogP contribution in [0.1, 0.15) is 31.4 Å². The third-order valence-electron chi connectivity index (χ3n) is 4.03. The molecule has 0 fully saturated rings. The molecular weight excluding hydrogens is 272 g/mol. The first-order valence-corrected chi connectivity index (χ1v) is 6.95. The van der Waals surface area contributed by atoms with Crippen molar-refractivity contribution >= 4 is 0 Å². The van der Waals surface area contributed by atoms with Gasteiger partial charge in [-0.15, -0.1) is 0 Å². The number of rotatable bonds is 1. The van der Waals surface area contributed by atoms with Crippen molar-refractivity contribution < 1.29 is 25.2 Å². The molecule has 1 aliphatic carbocycles. The Labute approximate surface area is 122 Å². The van der Waals surface area contributed by atoms with Crippen molar-refractivity contribution in [3.05, 3.63) is 46.9 Å². The van der Waals surface area contributed by atoms with Crippen LogP contribution in [0.2, 0.25) is 0 Å². The van der Waals surface area contributed by atoms with E-state index in [2.05, 4.69) is 0 Å². The standard InChI is InChI=1S/C16H18O5/c1-8-4-11-13(19)6-10(17)7-15(11)21-16(8)9-2-3-12(18)14(20)5-9/h2-3,5-6,8,10,16-20H,4,7H2,1H3/t8?,10?,16-/m1/s1. The summed E-state index contributed by atoms with van der Waals surface area (Å²) < 4.78 is 5.95. The van der Waals surface area contributed by atoms with E-state index < -0.39 is 6.10 Å². The zero-order chi connectivity index (χ0) is 15.1. The number of phenolic OH excluding ortho intramolecular Hbond substituents is 2. The lowest BCUT2D eigenvalue weighted by Gasteiger charge is -2.36. The quantitative estimate of drug-likeness (QED) is 0.597. The Morgan fingerprint density at radius 1 is 1.10 bits per heavy atom. The molecule has 0 bridgehead atoms. The van der Waals surface area contributed by atoms with Crippen LogP contribution in [0.4, 0.5) is 0 Å². The van der Waals surface area contributed by atoms with Gasteiger partial charge in [-0.05, 0) is 30.2 Å². The number of aliphatic hydroxyl groups is 2. The molecule has 0 aromatic heterocycles. The van der Waals surface area contributed by atoms with Crippen LogP contribution >= 0.6 is 0 Å². The Hall–Kier alpha value is -2.14. The SMILES string of the molecule is CC1CC2=C(CC(O)C=C2O)O[C@H]1c1ccc(O)c(O)c1. The minimum Gasteiger partial charge on any atom is -0.508 e. The summed E-state index contributed by atoms with van der Waals surface area (Å²) in [5, 5.41) is 38.6. The van der Waals surface area contributed by atoms with Gasteiger partial charge in [0.05, 0.1) is 6.10 Å². The highest BCUT2D eigenvalue weighted by atomic mass is 16.5. The van der Waals surface area contributed by atoms with E-state index >= 15 is 0 Å². The van der Waals surface area contributed by atoms with E-state index in [1.807, 2.05) is 6.92 Å². The second kappa shape index (κ2) is 5.00. The predicted molar refractivity (Wildman–Crippen MR) is 75.7 cm³/mol. The molecule has 0 saturated heterocycles. The molecule has 2 aliphatic rings. The lowest BCUT2D eigenvalue weighted by Crippen LogP contribution is -2.26. The molecule has 5 nitrogen and oxygen atoms in total. The van der Waals surface area contributed by atoms with Gasteiger partial charge in [0.15, 0.2) is 11.5 Å². The lowest BCUT2D eigenvalue weighted by atomic mass is 9.84. The number of ether oxygens (including phenoxy) is 1. The molecule has 0 spiro atoms. The lowest BCUT2D eigenvalue weighted by molar-refractivity contribution is 0.0299. The van der Waals surface area contributed by atoms with Crippen LogP contribution in [-0.2, 0) is 4.74 Å². The first kappa shape index (κ1) is 13.8. The van der Waals surface area contributed by atoms with Crippen molar-refractivity contribution in [2.24, 2.45) is 5.92 Å². The van der Waals surface area contributed by atoms with Crippen molar-refractivity contribution in [1.82, 2.24) is 0 Å². The van der Waals surface area contributed by atoms with E-state index in [0.717, 1.165) is 11.1 Å². The first-order chi connectivity index (χ1) is 9.95. The van der Waals surface area contributed by atoms with Gasteiger partial charge in [-0.1, -0.05) is 13.0 Å². The Morgan fingerprint density at radius 2 is 1.86 bits per heavy atom. The second-order valence-electron chi connectivity index (χ2n) is 5.69. The third kappa shape index (κ3) is 2.45. The summed E-state index contributed by atoms with van der Waals surface area (Å²) in [5.74, 6) is 0.421. The van der Waals surface area contributed by atoms with Gasteiger partial charge in [-0.2, -0.15) is 0 Å². The highest BCUT2D eigenvalue weighted by Gasteiger charge is 2.34. The number of aliphatic hydroxyl groups excluding tert-OH is 2. The third-order valence-corrected chi connectivity index (χ3v) is 4.03. The van der Waals surface area contributed by atoms with Crippen LogP contribution in [0, 0.1) is 5.92 Å². The predicted octanol–water partition coefficient (Wildman–Crippen LogP) is 2.66. The summed E-state index contributed by atoms with van der Waals surface area (Å²) in [5.41, 5.74) is 1.50. The molecule has 1 heterocycles.